The van der Waals surface area contributed by atoms with Crippen LogP contribution in [-0.2, 0) is 0 Å². The summed E-state index contributed by atoms with van der Waals surface area (Å²) in [5.74, 6) is 0.648. The molecule has 0 aromatic rings. The van der Waals surface area contributed by atoms with Crippen molar-refractivity contribution in [3.63, 3.8) is 0 Å². The molecule has 12 heavy (non-hydrogen) atoms. The highest BCUT2D eigenvalue weighted by Gasteiger charge is 1.73. The lowest BCUT2D eigenvalue weighted by Crippen LogP contribution is -1.71. The van der Waals surface area contributed by atoms with Gasteiger partial charge in [0.25, 0.3) is 0 Å². The van der Waals surface area contributed by atoms with Gasteiger partial charge in [0.15, 0.2) is 0 Å². The largest absolute Gasteiger partial charge is 0.103 e. The maximum atomic E-state index is 3.56. The monoisotopic (exact) mass is 172 g/mol. The van der Waals surface area contributed by atoms with Crippen molar-refractivity contribution in [3.05, 3.63) is 12.7 Å². The quantitative estimate of drug-likeness (QED) is 0.522. The van der Waals surface area contributed by atoms with Crippen molar-refractivity contribution >= 4 is 0 Å². The van der Waals surface area contributed by atoms with Gasteiger partial charge in [-0.1, -0.05) is 66.9 Å². The fraction of sp³-hybridized carbons (Fsp3) is 0.833. The highest BCUT2D eigenvalue weighted by atomic mass is 13.8. The van der Waals surface area contributed by atoms with E-state index in [1.165, 1.54) is 19.3 Å². The van der Waals surface area contributed by atoms with Gasteiger partial charge in [0.2, 0.25) is 0 Å². The lowest BCUT2D eigenvalue weighted by Gasteiger charge is -1.84. The second-order valence-corrected chi connectivity index (χ2v) is 2.83. The second kappa shape index (κ2) is 22.4. The molecule has 0 rings (SSSR count). The van der Waals surface area contributed by atoms with E-state index in [9.17, 15) is 0 Å². The molecule has 0 heteroatoms. The molecule has 0 heterocycles. The smallest absolute Gasteiger partial charge is 0.0293 e. The van der Waals surface area contributed by atoms with Crippen LogP contribution < -0.4 is 0 Å². The van der Waals surface area contributed by atoms with Crippen LogP contribution in [0.3, 0.4) is 0 Å². The third-order valence-corrected chi connectivity index (χ3v) is 1.18. The predicted molar refractivity (Wildman–Crippen MR) is 61.6 cm³/mol. The molecule has 0 aliphatic heterocycles. The van der Waals surface area contributed by atoms with Gasteiger partial charge in [-0.25, -0.2) is 0 Å². The van der Waals surface area contributed by atoms with Crippen LogP contribution in [0.1, 0.15) is 60.8 Å². The summed E-state index contributed by atoms with van der Waals surface area (Å²) in [4.78, 5) is 0. The average molecular weight is 172 g/mol. The Kier molecular flexibility index (Phi) is 33.1. The van der Waals surface area contributed by atoms with E-state index in [1.807, 2.05) is 19.9 Å². The summed E-state index contributed by atoms with van der Waals surface area (Å²) in [5, 5.41) is 0. The first kappa shape index (κ1) is 17.7. The van der Waals surface area contributed by atoms with Gasteiger partial charge in [0.1, 0.15) is 0 Å². The zero-order chi connectivity index (χ0) is 10.4. The zero-order valence-electron chi connectivity index (χ0n) is 9.98. The van der Waals surface area contributed by atoms with Crippen LogP contribution in [0.4, 0.5) is 0 Å². The molecule has 0 amide bonds. The van der Waals surface area contributed by atoms with Crippen LogP contribution >= 0.6 is 0 Å². The molecule has 0 spiro atoms. The van der Waals surface area contributed by atoms with E-state index in [2.05, 4.69) is 34.3 Å². The molecule has 0 radical (unpaired) electrons. The van der Waals surface area contributed by atoms with Crippen molar-refractivity contribution < 1.29 is 0 Å². The van der Waals surface area contributed by atoms with Gasteiger partial charge in [-0.05, 0) is 5.92 Å². The molecule has 0 aliphatic carbocycles. The van der Waals surface area contributed by atoms with Gasteiger partial charge in [0.05, 0.1) is 0 Å². The fourth-order valence-electron chi connectivity index (χ4n) is 0.354. The Morgan fingerprint density at radius 2 is 1.33 bits per heavy atom. The minimum absolute atomic E-state index is 0.648. The van der Waals surface area contributed by atoms with E-state index in [-0.39, 0.29) is 0 Å². The maximum absolute atomic E-state index is 3.56. The molecule has 0 aliphatic rings. The molecule has 0 nitrogen and oxygen atoms in total. The van der Waals surface area contributed by atoms with Gasteiger partial charge in [-0.2, -0.15) is 0 Å². The fourth-order valence-corrected chi connectivity index (χ4v) is 0.354. The van der Waals surface area contributed by atoms with Gasteiger partial charge in [-0.3, -0.25) is 0 Å². The second-order valence-electron chi connectivity index (χ2n) is 2.83. The summed E-state index contributed by atoms with van der Waals surface area (Å²) < 4.78 is 0. The Bertz CT molecular complexity index is 51.1. The lowest BCUT2D eigenvalue weighted by atomic mass is 10.2. The molecule has 0 aromatic heterocycles. The average Bonchev–Trinajstić information content (AvgIpc) is 2.10. The van der Waals surface area contributed by atoms with E-state index in [1.54, 1.807) is 0 Å². The van der Waals surface area contributed by atoms with Crippen LogP contribution in [-0.4, -0.2) is 0 Å². The summed E-state index contributed by atoms with van der Waals surface area (Å²) in [6.45, 7) is 16.2. The van der Waals surface area contributed by atoms with Gasteiger partial charge in [-0.15, -0.1) is 6.58 Å². The predicted octanol–water partition coefficient (Wildman–Crippen LogP) is 5.05. The van der Waals surface area contributed by atoms with E-state index in [0.717, 1.165) is 0 Å². The van der Waals surface area contributed by atoms with Crippen molar-refractivity contribution in [3.8, 4) is 0 Å². The molecule has 0 saturated carbocycles. The standard InChI is InChI=1S/C5H10.C5H12.C2H6/c1-4-5(2)3;1-3-5-4-2;1-2/h4-5H,1H2,2-3H3;3-5H2,1-2H3;1-2H3. The van der Waals surface area contributed by atoms with Crippen molar-refractivity contribution in [1.82, 2.24) is 0 Å². The topological polar surface area (TPSA) is 0 Å². The maximum Gasteiger partial charge on any atom is -0.0293 e. The molecule has 0 atom stereocenters. The van der Waals surface area contributed by atoms with E-state index < -0.39 is 0 Å². The third-order valence-electron chi connectivity index (χ3n) is 1.18. The highest BCUT2D eigenvalue weighted by molar-refractivity contribution is 4.69. The molecular formula is C12H28. The van der Waals surface area contributed by atoms with Crippen molar-refractivity contribution in [2.45, 2.75) is 60.8 Å². The summed E-state index contributed by atoms with van der Waals surface area (Å²) in [6.07, 6.45) is 5.99. The Morgan fingerprint density at radius 1 is 1.08 bits per heavy atom. The third kappa shape index (κ3) is 53.2. The Labute approximate surface area is 80.1 Å². The molecule has 76 valence electrons. The Morgan fingerprint density at radius 3 is 1.33 bits per heavy atom. The van der Waals surface area contributed by atoms with Gasteiger partial charge >= 0.3 is 0 Å². The minimum atomic E-state index is 0.648. The van der Waals surface area contributed by atoms with Crippen LogP contribution in [0, 0.1) is 5.92 Å². The molecule has 0 saturated heterocycles. The van der Waals surface area contributed by atoms with Gasteiger partial charge in [0, 0.05) is 0 Å². The number of rotatable bonds is 3. The first-order valence-corrected chi connectivity index (χ1v) is 5.31. The van der Waals surface area contributed by atoms with E-state index in [0.29, 0.717) is 5.92 Å². The number of hydrogen-bond donors (Lipinski definition) is 0. The van der Waals surface area contributed by atoms with Crippen LogP contribution in [0.25, 0.3) is 0 Å². The molecule has 0 aromatic carbocycles. The minimum Gasteiger partial charge on any atom is -0.103 e. The van der Waals surface area contributed by atoms with Crippen molar-refractivity contribution in [2.24, 2.45) is 5.92 Å². The summed E-state index contributed by atoms with van der Waals surface area (Å²) in [6, 6.07) is 0. The number of allylic oxidation sites excluding steroid dienone is 1. The molecule has 0 N–H and O–H groups in total. The molecule has 0 fully saturated rings. The summed E-state index contributed by atoms with van der Waals surface area (Å²) >= 11 is 0. The van der Waals surface area contributed by atoms with Crippen LogP contribution in [0.5, 0.6) is 0 Å². The normalized spacial score (nSPS) is 7.58. The van der Waals surface area contributed by atoms with Crippen molar-refractivity contribution in [1.29, 1.82) is 0 Å². The van der Waals surface area contributed by atoms with Crippen LogP contribution in [0.2, 0.25) is 0 Å². The zero-order valence-corrected chi connectivity index (χ0v) is 9.98. The van der Waals surface area contributed by atoms with E-state index >= 15 is 0 Å². The van der Waals surface area contributed by atoms with E-state index in [4.69, 9.17) is 0 Å². The number of hydrogen-bond acceptors (Lipinski definition) is 0. The molecule has 0 unspecified atom stereocenters. The number of unbranched alkanes of at least 4 members (excludes halogenated alkanes) is 2. The highest BCUT2D eigenvalue weighted by Crippen LogP contribution is 1.88. The van der Waals surface area contributed by atoms with Gasteiger partial charge < -0.3 is 0 Å². The SMILES string of the molecule is C=CC(C)C.CC.CCCCC. The summed E-state index contributed by atoms with van der Waals surface area (Å²) in [7, 11) is 0. The summed E-state index contributed by atoms with van der Waals surface area (Å²) in [5.41, 5.74) is 0. The first-order valence-electron chi connectivity index (χ1n) is 5.31. The Balaban J connectivity index is -0.000000112. The molecular weight excluding hydrogens is 144 g/mol. The molecule has 0 bridgehead atoms. The lowest BCUT2D eigenvalue weighted by molar-refractivity contribution is 0.772. The first-order chi connectivity index (χ1) is 5.68. The Hall–Kier alpha value is -0.260. The van der Waals surface area contributed by atoms with Crippen LogP contribution in [0.15, 0.2) is 12.7 Å². The van der Waals surface area contributed by atoms with Crippen molar-refractivity contribution in [2.75, 3.05) is 0 Å².